The minimum absolute atomic E-state index is 0.0568. The molecule has 234 valence electrons. The number of carbonyl (C=O) groups is 3. The Balaban J connectivity index is 1.60. The number of halogens is 1. The molecule has 1 aromatic rings. The van der Waals surface area contributed by atoms with Crippen LogP contribution in [0.4, 0.5) is 5.69 Å². The van der Waals surface area contributed by atoms with Gasteiger partial charge in [0, 0.05) is 29.6 Å². The highest BCUT2D eigenvalue weighted by molar-refractivity contribution is 9.09. The number of aliphatic hydroxyl groups is 1. The zero-order valence-electron chi connectivity index (χ0n) is 25.4. The van der Waals surface area contributed by atoms with Gasteiger partial charge in [-0.1, -0.05) is 79.4 Å². The van der Waals surface area contributed by atoms with Gasteiger partial charge in [-0.15, -0.1) is 13.2 Å². The number of hydrogen-bond donors (Lipinski definition) is 1. The maximum atomic E-state index is 14.9. The maximum absolute atomic E-state index is 14.9. The minimum Gasteiger partial charge on any atom is -0.394 e. The molecule has 8 nitrogen and oxygen atoms in total. The molecule has 43 heavy (non-hydrogen) atoms. The predicted molar refractivity (Wildman–Crippen MR) is 171 cm³/mol. The van der Waals surface area contributed by atoms with Crippen LogP contribution in [-0.2, 0) is 19.1 Å². The Morgan fingerprint density at radius 2 is 1.79 bits per heavy atom. The molecule has 0 aromatic heterocycles. The number of benzene rings is 1. The first kappa shape index (κ1) is 31.9. The zero-order chi connectivity index (χ0) is 30.9. The summed E-state index contributed by atoms with van der Waals surface area (Å²) in [6.45, 7) is 12.3. The Labute approximate surface area is 264 Å². The number of nitrogens with zero attached hydrogens (tertiary/aromatic N) is 3. The molecule has 3 amide bonds. The van der Waals surface area contributed by atoms with Crippen molar-refractivity contribution >= 4 is 39.3 Å². The molecular formula is C34H46BrN3O5. The molecule has 3 unspecified atom stereocenters. The molecular weight excluding hydrogens is 610 g/mol. The zero-order valence-corrected chi connectivity index (χ0v) is 27.0. The standard InChI is InChI=1S/C34H46BrN3O5/c1-5-17-36(23-13-9-7-10-14-23)31(40)27-28-32(41)38(25(21-39)19-22(3)4)30(34(28)20-26(35)29(27)43-34)33(42)37(18-6-2)24-15-11-8-12-16-24/h5-7,9-10,13-14,22,24-30,39H,1-2,8,11-12,15-21H2,3-4H3/t25-,26?,27+,28+,29+,30?,34?/m1/s1. The summed E-state index contributed by atoms with van der Waals surface area (Å²) < 4.78 is 6.81. The van der Waals surface area contributed by atoms with Crippen molar-refractivity contribution in [2.75, 3.05) is 24.6 Å². The van der Waals surface area contributed by atoms with Crippen LogP contribution in [0.1, 0.15) is 58.8 Å². The van der Waals surface area contributed by atoms with Crippen LogP contribution in [0, 0.1) is 17.8 Å². The summed E-state index contributed by atoms with van der Waals surface area (Å²) in [5.74, 6) is -2.08. The number of carbonyl (C=O) groups excluding carboxylic acids is 3. The van der Waals surface area contributed by atoms with Gasteiger partial charge in [-0.2, -0.15) is 0 Å². The molecule has 5 rings (SSSR count). The third-order valence-corrected chi connectivity index (χ3v) is 10.7. The van der Waals surface area contributed by atoms with Crippen LogP contribution >= 0.6 is 15.9 Å². The van der Waals surface area contributed by atoms with Crippen molar-refractivity contribution < 1.29 is 24.2 Å². The molecule has 0 radical (unpaired) electrons. The molecule has 3 saturated heterocycles. The number of para-hydroxylation sites is 1. The van der Waals surface area contributed by atoms with Crippen LogP contribution < -0.4 is 4.90 Å². The lowest BCUT2D eigenvalue weighted by Crippen LogP contribution is -2.60. The Kier molecular flexibility index (Phi) is 9.83. The van der Waals surface area contributed by atoms with Crippen molar-refractivity contribution in [3.8, 4) is 0 Å². The summed E-state index contributed by atoms with van der Waals surface area (Å²) in [5.41, 5.74) is -0.463. The fourth-order valence-electron chi connectivity index (χ4n) is 8.19. The number of aliphatic hydroxyl groups excluding tert-OH is 1. The van der Waals surface area contributed by atoms with E-state index in [4.69, 9.17) is 4.74 Å². The summed E-state index contributed by atoms with van der Waals surface area (Å²) in [6, 6.07) is 7.93. The average molecular weight is 657 g/mol. The monoisotopic (exact) mass is 655 g/mol. The number of amides is 3. The van der Waals surface area contributed by atoms with Crippen molar-refractivity contribution in [3.05, 3.63) is 55.6 Å². The van der Waals surface area contributed by atoms with Crippen LogP contribution in [0.3, 0.4) is 0 Å². The third kappa shape index (κ3) is 5.61. The molecule has 1 N–H and O–H groups in total. The Bertz CT molecular complexity index is 1200. The second-order valence-corrected chi connectivity index (χ2v) is 14.2. The van der Waals surface area contributed by atoms with E-state index in [1.807, 2.05) is 49.1 Å². The number of ether oxygens (including phenoxy) is 1. The second-order valence-electron chi connectivity index (χ2n) is 13.0. The fourth-order valence-corrected chi connectivity index (χ4v) is 9.13. The van der Waals surface area contributed by atoms with Gasteiger partial charge in [0.25, 0.3) is 0 Å². The summed E-state index contributed by atoms with van der Waals surface area (Å²) in [5, 5.41) is 10.6. The van der Waals surface area contributed by atoms with E-state index >= 15 is 0 Å². The van der Waals surface area contributed by atoms with E-state index in [9.17, 15) is 19.5 Å². The maximum Gasteiger partial charge on any atom is 0.248 e. The number of hydrogen-bond acceptors (Lipinski definition) is 5. The highest BCUT2D eigenvalue weighted by Gasteiger charge is 2.77. The molecule has 2 bridgehead atoms. The van der Waals surface area contributed by atoms with Gasteiger partial charge in [0.1, 0.15) is 11.6 Å². The van der Waals surface area contributed by atoms with Crippen molar-refractivity contribution in [2.45, 2.75) is 93.5 Å². The molecule has 9 heteroatoms. The van der Waals surface area contributed by atoms with E-state index in [1.54, 1.807) is 22.0 Å². The van der Waals surface area contributed by atoms with Gasteiger partial charge < -0.3 is 24.5 Å². The van der Waals surface area contributed by atoms with E-state index in [0.29, 0.717) is 25.1 Å². The molecule has 1 aliphatic carbocycles. The summed E-state index contributed by atoms with van der Waals surface area (Å²) >= 11 is 3.80. The van der Waals surface area contributed by atoms with Gasteiger partial charge in [0.15, 0.2) is 0 Å². The first-order valence-electron chi connectivity index (χ1n) is 15.8. The Morgan fingerprint density at radius 3 is 2.40 bits per heavy atom. The molecule has 1 aromatic carbocycles. The van der Waals surface area contributed by atoms with Crippen LogP contribution in [0.15, 0.2) is 55.6 Å². The van der Waals surface area contributed by atoms with Crippen molar-refractivity contribution in [3.63, 3.8) is 0 Å². The van der Waals surface area contributed by atoms with Gasteiger partial charge in [-0.25, -0.2) is 0 Å². The van der Waals surface area contributed by atoms with E-state index < -0.39 is 35.6 Å². The quantitative estimate of drug-likeness (QED) is 0.260. The SMILES string of the molecule is C=CCN(C(=O)[C@H]1[C@H]2C(=O)N([C@@H](CO)CC(C)C)C(C(=O)N(CC=C)C3CCCCC3)C23CC(Br)[C@@H]1O3)c1ccccc1. The van der Waals surface area contributed by atoms with Gasteiger partial charge >= 0.3 is 0 Å². The lowest BCUT2D eigenvalue weighted by atomic mass is 9.70. The largest absolute Gasteiger partial charge is 0.394 e. The molecule has 3 aliphatic heterocycles. The molecule has 3 heterocycles. The number of fused-ring (bicyclic) bond motifs is 1. The van der Waals surface area contributed by atoms with Gasteiger partial charge in [0.2, 0.25) is 17.7 Å². The summed E-state index contributed by atoms with van der Waals surface area (Å²) in [6.07, 6.45) is 8.91. The second kappa shape index (κ2) is 13.2. The van der Waals surface area contributed by atoms with Crippen LogP contribution in [0.5, 0.6) is 0 Å². The lowest BCUT2D eigenvalue weighted by Gasteiger charge is -2.42. The van der Waals surface area contributed by atoms with E-state index in [2.05, 4.69) is 29.1 Å². The first-order valence-corrected chi connectivity index (χ1v) is 16.7. The lowest BCUT2D eigenvalue weighted by molar-refractivity contribution is -0.153. The van der Waals surface area contributed by atoms with Gasteiger partial charge in [-0.05, 0) is 43.7 Å². The minimum atomic E-state index is -1.18. The van der Waals surface area contributed by atoms with Crippen LogP contribution in [-0.4, -0.2) is 87.0 Å². The van der Waals surface area contributed by atoms with E-state index in [-0.39, 0.29) is 47.7 Å². The number of likely N-dealkylation sites (tertiary alicyclic amines) is 1. The van der Waals surface area contributed by atoms with Crippen molar-refractivity contribution in [1.29, 1.82) is 0 Å². The molecule has 1 saturated carbocycles. The fraction of sp³-hybridized carbons (Fsp3) is 0.618. The van der Waals surface area contributed by atoms with Crippen molar-refractivity contribution in [2.24, 2.45) is 17.8 Å². The van der Waals surface area contributed by atoms with E-state index in [1.165, 1.54) is 0 Å². The van der Waals surface area contributed by atoms with Gasteiger partial charge in [-0.3, -0.25) is 14.4 Å². The van der Waals surface area contributed by atoms with Crippen LogP contribution in [0.2, 0.25) is 0 Å². The normalized spacial score (nSPS) is 30.8. The first-order chi connectivity index (χ1) is 20.7. The third-order valence-electron chi connectivity index (χ3n) is 9.86. The molecule has 4 aliphatic rings. The highest BCUT2D eigenvalue weighted by atomic mass is 79.9. The molecule has 4 fully saturated rings. The number of anilines is 1. The Hall–Kier alpha value is -2.49. The predicted octanol–water partition coefficient (Wildman–Crippen LogP) is 4.71. The summed E-state index contributed by atoms with van der Waals surface area (Å²) in [4.78, 5) is 49.0. The molecule has 7 atom stereocenters. The topological polar surface area (TPSA) is 90.4 Å². The van der Waals surface area contributed by atoms with Crippen LogP contribution in [0.25, 0.3) is 0 Å². The van der Waals surface area contributed by atoms with E-state index in [0.717, 1.165) is 32.1 Å². The molecule has 1 spiro atoms. The highest BCUT2D eigenvalue weighted by Crippen LogP contribution is 2.61. The average Bonchev–Trinajstić information content (AvgIpc) is 3.60. The summed E-state index contributed by atoms with van der Waals surface area (Å²) in [7, 11) is 0. The van der Waals surface area contributed by atoms with Gasteiger partial charge in [0.05, 0.1) is 30.6 Å². The smallest absolute Gasteiger partial charge is 0.248 e. The number of rotatable bonds is 12. The number of alkyl halides is 1. The Morgan fingerprint density at radius 1 is 1.12 bits per heavy atom. The van der Waals surface area contributed by atoms with Crippen molar-refractivity contribution in [1.82, 2.24) is 9.80 Å².